The molecule has 3 aromatic rings. The number of halogens is 1. The molecule has 0 radical (unpaired) electrons. The number of hydrogen-bond acceptors (Lipinski definition) is 6. The van der Waals surface area contributed by atoms with E-state index in [9.17, 15) is 14.3 Å². The van der Waals surface area contributed by atoms with Crippen LogP contribution in [0.15, 0.2) is 72.8 Å². The van der Waals surface area contributed by atoms with Gasteiger partial charge in [0.05, 0.1) is 6.10 Å². The molecule has 1 aliphatic heterocycles. The van der Waals surface area contributed by atoms with Gasteiger partial charge in [-0.15, -0.1) is 0 Å². The van der Waals surface area contributed by atoms with Crippen LogP contribution in [0.5, 0.6) is 17.2 Å². The second-order valence-electron chi connectivity index (χ2n) is 8.83. The van der Waals surface area contributed by atoms with Crippen molar-refractivity contribution in [2.75, 3.05) is 19.7 Å². The van der Waals surface area contributed by atoms with Gasteiger partial charge in [-0.3, -0.25) is 9.69 Å². The first-order valence-electron chi connectivity index (χ1n) is 12.0. The molecule has 2 atom stereocenters. The monoisotopic (exact) mass is 494 g/mol. The predicted molar refractivity (Wildman–Crippen MR) is 133 cm³/mol. The van der Waals surface area contributed by atoms with Crippen LogP contribution in [0.4, 0.5) is 4.39 Å². The standard InChI is InChI=1S/C28H31FN2O5/c29-22-7-4-8-24(16-22)36-27-12-14-31(13-11-25(27)32)17-21-15-23(9-10-26(21)35-19-28(30)33)34-18-20-5-2-1-3-6-20/h1-10,15-16,25,27,32H,11-14,17-19H2,(H2,30,33)/t25-,27-/m0/s1. The number of hydrogen-bond donors (Lipinski definition) is 2. The highest BCUT2D eigenvalue weighted by Gasteiger charge is 2.27. The number of benzene rings is 3. The van der Waals surface area contributed by atoms with Crippen molar-refractivity contribution in [3.8, 4) is 17.2 Å². The zero-order valence-electron chi connectivity index (χ0n) is 20.0. The third-order valence-electron chi connectivity index (χ3n) is 6.03. The van der Waals surface area contributed by atoms with E-state index >= 15 is 0 Å². The number of amides is 1. The van der Waals surface area contributed by atoms with Crippen molar-refractivity contribution in [2.45, 2.75) is 38.2 Å². The summed E-state index contributed by atoms with van der Waals surface area (Å²) in [6, 6.07) is 21.3. The van der Waals surface area contributed by atoms with Gasteiger partial charge in [0.2, 0.25) is 0 Å². The van der Waals surface area contributed by atoms with Gasteiger partial charge in [-0.2, -0.15) is 0 Å². The summed E-state index contributed by atoms with van der Waals surface area (Å²) in [6.07, 6.45) is -0.0478. The summed E-state index contributed by atoms with van der Waals surface area (Å²) in [4.78, 5) is 13.5. The minimum atomic E-state index is -0.676. The molecule has 4 rings (SSSR count). The molecule has 0 aliphatic carbocycles. The van der Waals surface area contributed by atoms with Crippen molar-refractivity contribution in [2.24, 2.45) is 5.73 Å². The summed E-state index contributed by atoms with van der Waals surface area (Å²) in [5.41, 5.74) is 7.18. The number of carbonyl (C=O) groups is 1. The number of aliphatic hydroxyl groups is 1. The number of rotatable bonds is 10. The quantitative estimate of drug-likeness (QED) is 0.447. The maximum absolute atomic E-state index is 13.5. The number of likely N-dealkylation sites (tertiary alicyclic amines) is 1. The summed E-state index contributed by atoms with van der Waals surface area (Å²) in [5, 5.41) is 10.6. The summed E-state index contributed by atoms with van der Waals surface area (Å²) in [5.74, 6) is 0.703. The number of nitrogens with zero attached hydrogens (tertiary/aromatic N) is 1. The Kier molecular flexibility index (Phi) is 8.76. The van der Waals surface area contributed by atoms with Gasteiger partial charge in [-0.25, -0.2) is 4.39 Å². The molecule has 7 nitrogen and oxygen atoms in total. The fourth-order valence-electron chi connectivity index (χ4n) is 4.17. The third kappa shape index (κ3) is 7.44. The highest BCUT2D eigenvalue weighted by Crippen LogP contribution is 2.28. The average molecular weight is 495 g/mol. The minimum absolute atomic E-state index is 0.223. The summed E-state index contributed by atoms with van der Waals surface area (Å²) < 4.78 is 31.1. The molecule has 0 saturated carbocycles. The maximum Gasteiger partial charge on any atom is 0.255 e. The lowest BCUT2D eigenvalue weighted by molar-refractivity contribution is -0.119. The molecule has 0 spiro atoms. The van der Waals surface area contributed by atoms with Crippen molar-refractivity contribution in [1.82, 2.24) is 4.90 Å². The Bertz CT molecular complexity index is 1140. The smallest absolute Gasteiger partial charge is 0.255 e. The Morgan fingerprint density at radius 1 is 0.972 bits per heavy atom. The Labute approximate surface area is 210 Å². The Morgan fingerprint density at radius 3 is 2.56 bits per heavy atom. The van der Waals surface area contributed by atoms with Gasteiger partial charge in [-0.05, 0) is 48.7 Å². The molecule has 190 valence electrons. The van der Waals surface area contributed by atoms with Crippen LogP contribution in [0.1, 0.15) is 24.0 Å². The number of aliphatic hydroxyl groups excluding tert-OH is 1. The van der Waals surface area contributed by atoms with Gasteiger partial charge >= 0.3 is 0 Å². The number of ether oxygens (including phenoxy) is 3. The van der Waals surface area contributed by atoms with Crippen molar-refractivity contribution in [3.05, 3.63) is 89.7 Å². The van der Waals surface area contributed by atoms with Crippen LogP contribution >= 0.6 is 0 Å². The normalized spacial score (nSPS) is 18.3. The second-order valence-corrected chi connectivity index (χ2v) is 8.83. The van der Waals surface area contributed by atoms with Crippen LogP contribution in [0.2, 0.25) is 0 Å². The molecular weight excluding hydrogens is 463 g/mol. The molecule has 0 unspecified atom stereocenters. The first-order valence-corrected chi connectivity index (χ1v) is 12.0. The SMILES string of the molecule is NC(=O)COc1ccc(OCc2ccccc2)cc1CN1CC[C@H](Oc2cccc(F)c2)[C@@H](O)CC1. The van der Waals surface area contributed by atoms with E-state index < -0.39 is 18.1 Å². The highest BCUT2D eigenvalue weighted by atomic mass is 19.1. The van der Waals surface area contributed by atoms with Crippen LogP contribution in [-0.4, -0.2) is 47.8 Å². The van der Waals surface area contributed by atoms with E-state index in [0.29, 0.717) is 56.3 Å². The highest BCUT2D eigenvalue weighted by molar-refractivity contribution is 5.75. The zero-order valence-corrected chi connectivity index (χ0v) is 20.0. The molecule has 1 saturated heterocycles. The molecule has 1 aliphatic rings. The van der Waals surface area contributed by atoms with Gasteiger partial charge in [-0.1, -0.05) is 36.4 Å². The zero-order chi connectivity index (χ0) is 25.3. The fraction of sp³-hybridized carbons (Fsp3) is 0.321. The van der Waals surface area contributed by atoms with E-state index in [1.54, 1.807) is 24.3 Å². The largest absolute Gasteiger partial charge is 0.489 e. The van der Waals surface area contributed by atoms with Crippen molar-refractivity contribution in [1.29, 1.82) is 0 Å². The first-order chi connectivity index (χ1) is 17.5. The molecule has 0 aromatic heterocycles. The predicted octanol–water partition coefficient (Wildman–Crippen LogP) is 3.67. The number of carbonyl (C=O) groups excluding carboxylic acids is 1. The van der Waals surface area contributed by atoms with Gasteiger partial charge in [0.15, 0.2) is 6.61 Å². The lowest BCUT2D eigenvalue weighted by atomic mass is 10.1. The van der Waals surface area contributed by atoms with Crippen LogP contribution in [0.25, 0.3) is 0 Å². The number of primary amides is 1. The lowest BCUT2D eigenvalue weighted by Gasteiger charge is -2.22. The molecule has 0 bridgehead atoms. The van der Waals surface area contributed by atoms with Gasteiger partial charge < -0.3 is 25.1 Å². The van der Waals surface area contributed by atoms with Crippen molar-refractivity contribution in [3.63, 3.8) is 0 Å². The summed E-state index contributed by atoms with van der Waals surface area (Å²) >= 11 is 0. The molecule has 3 aromatic carbocycles. The minimum Gasteiger partial charge on any atom is -0.489 e. The first kappa shape index (κ1) is 25.5. The van der Waals surface area contributed by atoms with E-state index in [0.717, 1.165) is 11.1 Å². The van der Waals surface area contributed by atoms with E-state index in [1.165, 1.54) is 12.1 Å². The van der Waals surface area contributed by atoms with Crippen LogP contribution < -0.4 is 19.9 Å². The fourth-order valence-corrected chi connectivity index (χ4v) is 4.17. The molecule has 1 heterocycles. The number of nitrogens with two attached hydrogens (primary N) is 1. The molecule has 8 heteroatoms. The second kappa shape index (κ2) is 12.4. The topological polar surface area (TPSA) is 94.3 Å². The third-order valence-corrected chi connectivity index (χ3v) is 6.03. The average Bonchev–Trinajstić information content (AvgIpc) is 3.04. The Balaban J connectivity index is 1.43. The van der Waals surface area contributed by atoms with Gasteiger partial charge in [0.1, 0.15) is 35.8 Å². The molecule has 1 amide bonds. The van der Waals surface area contributed by atoms with Crippen LogP contribution in [0, 0.1) is 5.82 Å². The summed E-state index contributed by atoms with van der Waals surface area (Å²) in [6.45, 7) is 2.02. The lowest BCUT2D eigenvalue weighted by Crippen LogP contribution is -2.31. The molecule has 36 heavy (non-hydrogen) atoms. The molecule has 3 N–H and O–H groups in total. The van der Waals surface area contributed by atoms with Gasteiger partial charge in [0.25, 0.3) is 5.91 Å². The molecule has 1 fully saturated rings. The van der Waals surface area contributed by atoms with Crippen LogP contribution in [-0.2, 0) is 17.9 Å². The van der Waals surface area contributed by atoms with Crippen molar-refractivity contribution >= 4 is 5.91 Å². The van der Waals surface area contributed by atoms with E-state index in [4.69, 9.17) is 19.9 Å². The summed E-state index contributed by atoms with van der Waals surface area (Å²) in [7, 11) is 0. The van der Waals surface area contributed by atoms with Crippen molar-refractivity contribution < 1.29 is 28.5 Å². The molecular formula is C28H31FN2O5. The van der Waals surface area contributed by atoms with E-state index in [-0.39, 0.29) is 12.4 Å². The van der Waals surface area contributed by atoms with Gasteiger partial charge in [0, 0.05) is 31.3 Å². The van der Waals surface area contributed by atoms with E-state index in [2.05, 4.69) is 4.90 Å². The maximum atomic E-state index is 13.5. The van der Waals surface area contributed by atoms with E-state index in [1.807, 2.05) is 36.4 Å². The Morgan fingerprint density at radius 2 is 1.78 bits per heavy atom. The Hall–Kier alpha value is -3.62. The van der Waals surface area contributed by atoms with Crippen LogP contribution in [0.3, 0.4) is 0 Å².